The number of carboxylic acid groups (broad SMARTS) is 1. The van der Waals surface area contributed by atoms with Crippen LogP contribution in [0, 0.1) is 5.92 Å². The van der Waals surface area contributed by atoms with Crippen LogP contribution < -0.4 is 4.74 Å². The third-order valence-electron chi connectivity index (χ3n) is 4.80. The molecule has 0 bridgehead atoms. The Balaban J connectivity index is 1.51. The Morgan fingerprint density at radius 1 is 1.15 bits per heavy atom. The van der Waals surface area contributed by atoms with E-state index in [1.165, 1.54) is 11.6 Å². The molecule has 1 fully saturated rings. The van der Waals surface area contributed by atoms with E-state index < -0.39 is 12.6 Å². The van der Waals surface area contributed by atoms with Gasteiger partial charge in [0.15, 0.2) is 0 Å². The molecule has 0 radical (unpaired) electrons. The SMILES string of the molecule is O=C(O)Cc1ccc(CC2CCN(Cc3cccc(OC(F)F)c3)C2)cc1. The monoisotopic (exact) mass is 375 g/mol. The lowest BCUT2D eigenvalue weighted by molar-refractivity contribution is -0.136. The number of aliphatic carboxylic acids is 1. The molecule has 1 aliphatic rings. The lowest BCUT2D eigenvalue weighted by atomic mass is 9.97. The molecule has 0 amide bonds. The molecule has 3 rings (SSSR count). The van der Waals surface area contributed by atoms with Crippen LogP contribution >= 0.6 is 0 Å². The highest BCUT2D eigenvalue weighted by molar-refractivity contribution is 5.70. The van der Waals surface area contributed by atoms with E-state index in [1.54, 1.807) is 12.1 Å². The predicted octanol–water partition coefficient (Wildman–Crippen LogP) is 3.98. The summed E-state index contributed by atoms with van der Waals surface area (Å²) in [5.74, 6) is -0.0901. The van der Waals surface area contributed by atoms with Crippen LogP contribution in [0.1, 0.15) is 23.1 Å². The molecule has 0 aromatic heterocycles. The summed E-state index contributed by atoms with van der Waals surface area (Å²) < 4.78 is 29.1. The Morgan fingerprint density at radius 3 is 2.59 bits per heavy atom. The maximum absolute atomic E-state index is 12.3. The third-order valence-corrected chi connectivity index (χ3v) is 4.80. The van der Waals surface area contributed by atoms with Gasteiger partial charge in [-0.3, -0.25) is 9.69 Å². The number of nitrogens with zero attached hydrogens (tertiary/aromatic N) is 1. The van der Waals surface area contributed by atoms with Crippen molar-refractivity contribution < 1.29 is 23.4 Å². The maximum Gasteiger partial charge on any atom is 0.387 e. The second-order valence-electron chi connectivity index (χ2n) is 7.01. The highest BCUT2D eigenvalue weighted by atomic mass is 19.3. The molecule has 6 heteroatoms. The highest BCUT2D eigenvalue weighted by Crippen LogP contribution is 2.24. The summed E-state index contributed by atoms with van der Waals surface area (Å²) in [4.78, 5) is 13.1. The van der Waals surface area contributed by atoms with E-state index in [-0.39, 0.29) is 12.2 Å². The van der Waals surface area contributed by atoms with Crippen LogP contribution in [-0.2, 0) is 24.2 Å². The summed E-state index contributed by atoms with van der Waals surface area (Å²) in [7, 11) is 0. The first-order valence-electron chi connectivity index (χ1n) is 9.03. The minimum atomic E-state index is -2.81. The molecule has 1 unspecified atom stereocenters. The summed E-state index contributed by atoms with van der Waals surface area (Å²) in [6, 6.07) is 14.6. The van der Waals surface area contributed by atoms with Crippen molar-refractivity contribution in [3.8, 4) is 5.75 Å². The number of carbonyl (C=O) groups is 1. The minimum Gasteiger partial charge on any atom is -0.481 e. The van der Waals surface area contributed by atoms with Crippen molar-refractivity contribution >= 4 is 5.97 Å². The summed E-state index contributed by atoms with van der Waals surface area (Å²) in [6.07, 6.45) is 2.09. The summed E-state index contributed by atoms with van der Waals surface area (Å²) >= 11 is 0. The van der Waals surface area contributed by atoms with E-state index in [9.17, 15) is 13.6 Å². The molecule has 1 atom stereocenters. The van der Waals surface area contributed by atoms with Crippen LogP contribution in [0.15, 0.2) is 48.5 Å². The van der Waals surface area contributed by atoms with Gasteiger partial charge in [-0.2, -0.15) is 8.78 Å². The average Bonchev–Trinajstić information content (AvgIpc) is 3.03. The van der Waals surface area contributed by atoms with Gasteiger partial charge in [0, 0.05) is 13.1 Å². The number of hydrogen-bond donors (Lipinski definition) is 1. The van der Waals surface area contributed by atoms with Crippen LogP contribution in [0.5, 0.6) is 5.75 Å². The molecule has 1 saturated heterocycles. The molecule has 144 valence electrons. The van der Waals surface area contributed by atoms with Crippen LogP contribution in [-0.4, -0.2) is 35.7 Å². The molecule has 0 aliphatic carbocycles. The highest BCUT2D eigenvalue weighted by Gasteiger charge is 2.22. The first-order chi connectivity index (χ1) is 13.0. The first kappa shape index (κ1) is 19.3. The van der Waals surface area contributed by atoms with E-state index in [4.69, 9.17) is 5.11 Å². The van der Waals surface area contributed by atoms with Gasteiger partial charge in [0.1, 0.15) is 5.75 Å². The van der Waals surface area contributed by atoms with Gasteiger partial charge in [-0.05, 0) is 54.1 Å². The van der Waals surface area contributed by atoms with Gasteiger partial charge in [-0.25, -0.2) is 0 Å². The van der Waals surface area contributed by atoms with E-state index in [0.29, 0.717) is 12.5 Å². The molecular weight excluding hydrogens is 352 g/mol. The smallest absolute Gasteiger partial charge is 0.387 e. The second kappa shape index (κ2) is 8.95. The largest absolute Gasteiger partial charge is 0.481 e. The Morgan fingerprint density at radius 2 is 1.89 bits per heavy atom. The lowest BCUT2D eigenvalue weighted by Gasteiger charge is -2.17. The molecular formula is C21H23F2NO3. The fourth-order valence-corrected chi connectivity index (χ4v) is 3.60. The Kier molecular flexibility index (Phi) is 6.40. The van der Waals surface area contributed by atoms with Gasteiger partial charge < -0.3 is 9.84 Å². The van der Waals surface area contributed by atoms with Crippen molar-refractivity contribution in [2.75, 3.05) is 13.1 Å². The number of benzene rings is 2. The standard InChI is InChI=1S/C21H23F2NO3/c22-21(23)27-19-3-1-2-17(11-19)13-24-9-8-18(14-24)10-15-4-6-16(7-5-15)12-20(25)26/h1-7,11,18,21H,8-10,12-14H2,(H,25,26). The third kappa shape index (κ3) is 6.03. The molecule has 0 saturated carbocycles. The van der Waals surface area contributed by atoms with Crippen LogP contribution in [0.2, 0.25) is 0 Å². The van der Waals surface area contributed by atoms with Crippen LogP contribution in [0.3, 0.4) is 0 Å². The van der Waals surface area contributed by atoms with E-state index in [1.807, 2.05) is 30.3 Å². The average molecular weight is 375 g/mol. The number of alkyl halides is 2. The van der Waals surface area contributed by atoms with Crippen molar-refractivity contribution in [2.24, 2.45) is 5.92 Å². The van der Waals surface area contributed by atoms with E-state index in [2.05, 4.69) is 9.64 Å². The van der Waals surface area contributed by atoms with Crippen molar-refractivity contribution in [1.82, 2.24) is 4.90 Å². The van der Waals surface area contributed by atoms with Gasteiger partial charge in [0.2, 0.25) is 0 Å². The topological polar surface area (TPSA) is 49.8 Å². The zero-order valence-corrected chi connectivity index (χ0v) is 15.0. The Hall–Kier alpha value is -2.47. The van der Waals surface area contributed by atoms with Crippen LogP contribution in [0.4, 0.5) is 8.78 Å². The van der Waals surface area contributed by atoms with Gasteiger partial charge in [-0.1, -0.05) is 36.4 Å². The van der Waals surface area contributed by atoms with Gasteiger partial charge in [0.05, 0.1) is 6.42 Å². The number of likely N-dealkylation sites (tertiary alicyclic amines) is 1. The molecule has 0 spiro atoms. The number of ether oxygens (including phenoxy) is 1. The number of rotatable bonds is 8. The minimum absolute atomic E-state index is 0.0474. The zero-order chi connectivity index (χ0) is 19.2. The fourth-order valence-electron chi connectivity index (χ4n) is 3.60. The molecule has 2 aromatic carbocycles. The lowest BCUT2D eigenvalue weighted by Crippen LogP contribution is -2.20. The molecule has 1 heterocycles. The number of hydrogen-bond acceptors (Lipinski definition) is 3. The first-order valence-corrected chi connectivity index (χ1v) is 9.03. The maximum atomic E-state index is 12.3. The zero-order valence-electron chi connectivity index (χ0n) is 15.0. The number of halogens is 2. The van der Waals surface area contributed by atoms with E-state index in [0.717, 1.165) is 37.1 Å². The van der Waals surface area contributed by atoms with Gasteiger partial charge in [0.25, 0.3) is 0 Å². The molecule has 27 heavy (non-hydrogen) atoms. The molecule has 4 nitrogen and oxygen atoms in total. The quantitative estimate of drug-likeness (QED) is 0.758. The van der Waals surface area contributed by atoms with E-state index >= 15 is 0 Å². The molecule has 1 aliphatic heterocycles. The van der Waals surface area contributed by atoms with Gasteiger partial charge >= 0.3 is 12.6 Å². The number of carboxylic acids is 1. The van der Waals surface area contributed by atoms with Crippen molar-refractivity contribution in [1.29, 1.82) is 0 Å². The summed E-state index contributed by atoms with van der Waals surface area (Å²) in [6.45, 7) is -0.161. The molecule has 1 N–H and O–H groups in total. The summed E-state index contributed by atoms with van der Waals surface area (Å²) in [5.41, 5.74) is 2.99. The Bertz CT molecular complexity index is 764. The molecule has 2 aromatic rings. The van der Waals surface area contributed by atoms with Crippen molar-refractivity contribution in [2.45, 2.75) is 32.4 Å². The Labute approximate surface area is 157 Å². The second-order valence-corrected chi connectivity index (χ2v) is 7.01. The van der Waals surface area contributed by atoms with Gasteiger partial charge in [-0.15, -0.1) is 0 Å². The summed E-state index contributed by atoms with van der Waals surface area (Å²) in [5, 5.41) is 8.83. The fraction of sp³-hybridized carbons (Fsp3) is 0.381. The van der Waals surface area contributed by atoms with Crippen molar-refractivity contribution in [3.05, 3.63) is 65.2 Å². The van der Waals surface area contributed by atoms with Crippen LogP contribution in [0.25, 0.3) is 0 Å². The van der Waals surface area contributed by atoms with Crippen molar-refractivity contribution in [3.63, 3.8) is 0 Å². The predicted molar refractivity (Wildman–Crippen MR) is 97.9 cm³/mol. The normalized spacial score (nSPS) is 17.4.